The Morgan fingerprint density at radius 2 is 1.41 bits per heavy atom. The average Bonchev–Trinajstić information content (AvgIpc) is 3.22. The summed E-state index contributed by atoms with van der Waals surface area (Å²) in [5.41, 5.74) is -4.24. The number of aliphatic hydroxyl groups is 1. The van der Waals surface area contributed by atoms with Gasteiger partial charge in [0, 0.05) is 16.5 Å². The van der Waals surface area contributed by atoms with Crippen molar-refractivity contribution in [1.29, 1.82) is 0 Å². The Kier molecular flexibility index (Phi) is 11.0. The van der Waals surface area contributed by atoms with Gasteiger partial charge in [0.1, 0.15) is 26.8 Å². The van der Waals surface area contributed by atoms with Crippen LogP contribution < -0.4 is 0 Å². The zero-order valence-corrected chi connectivity index (χ0v) is 29.1. The summed E-state index contributed by atoms with van der Waals surface area (Å²) in [6.45, 7) is 12.7. The van der Waals surface area contributed by atoms with Crippen LogP contribution in [0, 0.1) is 0 Å². The Hall–Kier alpha value is -2.67. The molecule has 0 saturated carbocycles. The lowest BCUT2D eigenvalue weighted by Crippen LogP contribution is -2.45. The number of rotatable bonds is 6. The molecule has 3 rings (SSSR count). The second-order valence-corrected chi connectivity index (χ2v) is 15.2. The van der Waals surface area contributed by atoms with Gasteiger partial charge in [-0.3, -0.25) is 4.79 Å². The van der Waals surface area contributed by atoms with Crippen LogP contribution in [0.15, 0.2) is 42.5 Å². The number of nitrogens with zero attached hydrogens (tertiary/aromatic N) is 1. The molecule has 2 amide bonds. The molecule has 0 spiro atoms. The van der Waals surface area contributed by atoms with Gasteiger partial charge >= 0.3 is 24.3 Å². The molecule has 2 aromatic carbocycles. The Morgan fingerprint density at radius 1 is 0.935 bits per heavy atom. The van der Waals surface area contributed by atoms with E-state index in [4.69, 9.17) is 37.4 Å². The lowest BCUT2D eigenvalue weighted by atomic mass is 9.79. The number of hydrogen-bond donors (Lipinski definition) is 1. The molecule has 0 aromatic heterocycles. The molecule has 0 aliphatic carbocycles. The molecule has 4 unspecified atom stereocenters. The van der Waals surface area contributed by atoms with Gasteiger partial charge in [-0.05, 0) is 90.3 Å². The van der Waals surface area contributed by atoms with E-state index in [9.17, 15) is 19.5 Å². The number of benzene rings is 2. The van der Waals surface area contributed by atoms with Crippen molar-refractivity contribution in [3.8, 4) is 0 Å². The summed E-state index contributed by atoms with van der Waals surface area (Å²) in [6.07, 6.45) is -7.87. The highest BCUT2D eigenvalue weighted by Crippen LogP contribution is 2.65. The number of carbonyl (C=O) groups excluding carboxylic acids is 3. The smallest absolute Gasteiger partial charge is 0.420 e. The molecule has 1 aliphatic heterocycles. The molecule has 1 heterocycles. The largest absolute Gasteiger partial charge is 0.465 e. The number of carbonyl (C=O) groups is 3. The van der Waals surface area contributed by atoms with Crippen LogP contribution in [0.1, 0.15) is 84.5 Å². The first-order valence-corrected chi connectivity index (χ1v) is 16.0. The minimum Gasteiger partial charge on any atom is -0.465 e. The summed E-state index contributed by atoms with van der Waals surface area (Å²) in [5, 5.41) is 10.2. The van der Waals surface area contributed by atoms with E-state index in [-0.39, 0.29) is 39.5 Å². The molecule has 1 fully saturated rings. The normalized spacial score (nSPS) is 22.6. The summed E-state index contributed by atoms with van der Waals surface area (Å²) in [7, 11) is 0. The van der Waals surface area contributed by atoms with E-state index in [2.05, 4.69) is 0 Å². The van der Waals surface area contributed by atoms with Crippen molar-refractivity contribution in [1.82, 2.24) is 4.90 Å². The fourth-order valence-electron chi connectivity index (χ4n) is 5.03. The van der Waals surface area contributed by atoms with Crippen LogP contribution >= 0.6 is 35.0 Å². The first-order valence-electron chi connectivity index (χ1n) is 14.4. The lowest BCUT2D eigenvalue weighted by Gasteiger charge is -2.34. The van der Waals surface area contributed by atoms with Crippen LogP contribution in [-0.2, 0) is 29.4 Å². The summed E-state index contributed by atoms with van der Waals surface area (Å²) >= 11 is 12.4. The Morgan fingerprint density at radius 3 is 1.83 bits per heavy atom. The van der Waals surface area contributed by atoms with Crippen molar-refractivity contribution in [3.63, 3.8) is 0 Å². The molecule has 0 radical (unpaired) electrons. The summed E-state index contributed by atoms with van der Waals surface area (Å²) in [6, 6.07) is 8.10. The predicted molar refractivity (Wildman–Crippen MR) is 170 cm³/mol. The molecule has 8 nitrogen and oxygen atoms in total. The number of esters is 1. The molecule has 254 valence electrons. The van der Waals surface area contributed by atoms with E-state index < -0.39 is 63.6 Å². The van der Waals surface area contributed by atoms with Crippen molar-refractivity contribution >= 4 is 53.1 Å². The minimum absolute atomic E-state index is 0.0191. The standard InChI is InChI=1S/C32H38Cl2F3NO7S/c1-9-43-25(39)24-30(42,17-31(46-24,32(35,36)37)21-14-22(33)16-23(34)15-21)20-12-10-19(11-13-20)18(2)38(26(40)44-28(3,4)5)27(41)45-29(6,7)8/h10-16,18,24,42H,9,17H2,1-8H3. The van der Waals surface area contributed by atoms with Gasteiger partial charge in [-0.15, -0.1) is 11.8 Å². The van der Waals surface area contributed by atoms with Gasteiger partial charge in [-0.2, -0.15) is 13.2 Å². The summed E-state index contributed by atoms with van der Waals surface area (Å²) < 4.78 is 58.3. The second-order valence-electron chi connectivity index (χ2n) is 13.0. The number of hydrogen-bond acceptors (Lipinski definition) is 8. The Balaban J connectivity index is 2.11. The predicted octanol–water partition coefficient (Wildman–Crippen LogP) is 8.94. The maximum absolute atomic E-state index is 15.0. The molecular weight excluding hydrogens is 670 g/mol. The first-order chi connectivity index (χ1) is 20.9. The van der Waals surface area contributed by atoms with E-state index in [0.717, 1.165) is 17.0 Å². The first kappa shape index (κ1) is 37.8. The van der Waals surface area contributed by atoms with Gasteiger partial charge in [0.2, 0.25) is 0 Å². The number of halogens is 5. The van der Waals surface area contributed by atoms with Crippen LogP contribution in [0.4, 0.5) is 22.8 Å². The third-order valence-corrected chi connectivity index (χ3v) is 9.29. The fourth-order valence-corrected chi connectivity index (χ4v) is 7.23. The molecule has 46 heavy (non-hydrogen) atoms. The molecular formula is C32H38Cl2F3NO7S. The van der Waals surface area contributed by atoms with Crippen LogP contribution in [0.3, 0.4) is 0 Å². The van der Waals surface area contributed by atoms with Crippen molar-refractivity contribution < 1.29 is 46.9 Å². The molecule has 2 aromatic rings. The SMILES string of the molecule is CCOC(=O)C1SC(c2cc(Cl)cc(Cl)c2)(C(F)(F)F)CC1(O)c1ccc(C(C)N(C(=O)OC(C)(C)C)C(=O)OC(C)(C)C)cc1. The van der Waals surface area contributed by atoms with Crippen LogP contribution in [0.5, 0.6) is 0 Å². The summed E-state index contributed by atoms with van der Waals surface area (Å²) in [5.74, 6) is -1.03. The van der Waals surface area contributed by atoms with E-state index in [1.165, 1.54) is 37.3 Å². The van der Waals surface area contributed by atoms with Gasteiger partial charge in [-0.25, -0.2) is 14.5 Å². The monoisotopic (exact) mass is 707 g/mol. The van der Waals surface area contributed by atoms with Crippen molar-refractivity contribution in [2.24, 2.45) is 0 Å². The van der Waals surface area contributed by atoms with Crippen LogP contribution in [0.25, 0.3) is 0 Å². The zero-order valence-electron chi connectivity index (χ0n) is 26.8. The maximum Gasteiger partial charge on any atom is 0.420 e. The van der Waals surface area contributed by atoms with E-state index in [0.29, 0.717) is 5.56 Å². The number of thioether (sulfide) groups is 1. The van der Waals surface area contributed by atoms with Crippen LogP contribution in [0.2, 0.25) is 10.0 Å². The number of ether oxygens (including phenoxy) is 3. The molecule has 4 atom stereocenters. The quantitative estimate of drug-likeness (QED) is 0.235. The molecule has 1 saturated heterocycles. The molecule has 0 bridgehead atoms. The van der Waals surface area contributed by atoms with Crippen molar-refractivity contribution in [2.75, 3.05) is 6.61 Å². The topological polar surface area (TPSA) is 102 Å². The molecule has 1 N–H and O–H groups in total. The van der Waals surface area contributed by atoms with E-state index in [1.807, 2.05) is 0 Å². The van der Waals surface area contributed by atoms with E-state index in [1.54, 1.807) is 48.5 Å². The highest BCUT2D eigenvalue weighted by Gasteiger charge is 2.69. The van der Waals surface area contributed by atoms with Gasteiger partial charge in [0.25, 0.3) is 0 Å². The Labute approximate surface area is 280 Å². The van der Waals surface area contributed by atoms with Crippen LogP contribution in [-0.4, -0.2) is 57.4 Å². The Bertz CT molecular complexity index is 1410. The van der Waals surface area contributed by atoms with Gasteiger partial charge in [0.15, 0.2) is 0 Å². The van der Waals surface area contributed by atoms with Gasteiger partial charge < -0.3 is 19.3 Å². The lowest BCUT2D eigenvalue weighted by molar-refractivity contribution is -0.174. The highest BCUT2D eigenvalue weighted by atomic mass is 35.5. The third-order valence-electron chi connectivity index (χ3n) is 7.02. The van der Waals surface area contributed by atoms with Gasteiger partial charge in [-0.1, -0.05) is 47.5 Å². The van der Waals surface area contributed by atoms with Crippen molar-refractivity contribution in [3.05, 3.63) is 69.2 Å². The maximum atomic E-state index is 15.0. The zero-order chi connectivity index (χ0) is 35.0. The minimum atomic E-state index is -4.96. The number of amides is 2. The van der Waals surface area contributed by atoms with Gasteiger partial charge in [0.05, 0.1) is 12.6 Å². The second kappa shape index (κ2) is 13.4. The highest BCUT2D eigenvalue weighted by molar-refractivity contribution is 8.02. The average molecular weight is 709 g/mol. The molecule has 14 heteroatoms. The summed E-state index contributed by atoms with van der Waals surface area (Å²) in [4.78, 5) is 40.2. The fraction of sp³-hybridized carbons (Fsp3) is 0.531. The van der Waals surface area contributed by atoms with E-state index >= 15 is 13.2 Å². The number of imide groups is 1. The molecule has 1 aliphatic rings. The van der Waals surface area contributed by atoms with Crippen molar-refractivity contribution in [2.45, 2.75) is 101 Å². The number of alkyl halides is 3. The third kappa shape index (κ3) is 8.24.